The lowest BCUT2D eigenvalue weighted by atomic mass is 9.98. The number of imidazole rings is 1. The van der Waals surface area contributed by atoms with Crippen molar-refractivity contribution in [3.63, 3.8) is 0 Å². The molecule has 2 aromatic carbocycles. The van der Waals surface area contributed by atoms with E-state index in [2.05, 4.69) is 65.0 Å². The van der Waals surface area contributed by atoms with Crippen LogP contribution >= 0.6 is 12.2 Å². The van der Waals surface area contributed by atoms with E-state index in [-0.39, 0.29) is 6.04 Å². The Bertz CT molecular complexity index is 717. The van der Waals surface area contributed by atoms with Crippen molar-refractivity contribution in [2.75, 3.05) is 0 Å². The smallest absolute Gasteiger partial charge is 0.178 e. The van der Waals surface area contributed by atoms with Gasteiger partial charge in [0.05, 0.1) is 6.04 Å². The van der Waals surface area contributed by atoms with Crippen molar-refractivity contribution < 1.29 is 0 Å². The van der Waals surface area contributed by atoms with Crippen LogP contribution in [0.1, 0.15) is 29.8 Å². The summed E-state index contributed by atoms with van der Waals surface area (Å²) in [6, 6.07) is 21.1. The van der Waals surface area contributed by atoms with E-state index in [4.69, 9.17) is 12.2 Å². The third kappa shape index (κ3) is 2.69. The Morgan fingerprint density at radius 1 is 0.952 bits per heavy atom. The fraction of sp³-hybridized carbons (Fsp3) is 0.167. The van der Waals surface area contributed by atoms with E-state index >= 15 is 0 Å². The van der Waals surface area contributed by atoms with Crippen LogP contribution < -0.4 is 0 Å². The lowest BCUT2D eigenvalue weighted by Gasteiger charge is -2.22. The molecule has 106 valence electrons. The topological polar surface area (TPSA) is 20.7 Å². The molecule has 1 N–H and O–H groups in total. The molecule has 1 heterocycles. The second kappa shape index (κ2) is 6.10. The molecule has 3 heteroatoms. The first kappa shape index (κ1) is 13.8. The van der Waals surface area contributed by atoms with E-state index in [9.17, 15) is 0 Å². The van der Waals surface area contributed by atoms with Crippen LogP contribution in [0.2, 0.25) is 0 Å². The van der Waals surface area contributed by atoms with Gasteiger partial charge in [-0.25, -0.2) is 0 Å². The molecule has 0 aliphatic carbocycles. The number of H-pyrrole nitrogens is 1. The molecule has 3 rings (SSSR count). The molecule has 0 fully saturated rings. The zero-order chi connectivity index (χ0) is 14.7. The van der Waals surface area contributed by atoms with Crippen LogP contribution in [0.4, 0.5) is 0 Å². The molecule has 0 bridgehead atoms. The maximum Gasteiger partial charge on any atom is 0.178 e. The van der Waals surface area contributed by atoms with Crippen LogP contribution in [0.3, 0.4) is 0 Å². The molecule has 0 atom stereocenters. The summed E-state index contributed by atoms with van der Waals surface area (Å²) in [7, 11) is 0. The van der Waals surface area contributed by atoms with Gasteiger partial charge >= 0.3 is 0 Å². The molecule has 0 amide bonds. The first-order valence-electron chi connectivity index (χ1n) is 7.20. The number of aryl methyl sites for hydroxylation is 1. The summed E-state index contributed by atoms with van der Waals surface area (Å²) in [4.78, 5) is 3.19. The third-order valence-corrected chi connectivity index (χ3v) is 4.06. The number of benzene rings is 2. The number of hydrogen-bond donors (Lipinski definition) is 1. The highest BCUT2D eigenvalue weighted by Gasteiger charge is 2.19. The average Bonchev–Trinajstić information content (AvgIpc) is 2.91. The quantitative estimate of drug-likeness (QED) is 0.689. The molecule has 0 radical (unpaired) electrons. The summed E-state index contributed by atoms with van der Waals surface area (Å²) in [5.74, 6) is 0. The van der Waals surface area contributed by atoms with Crippen LogP contribution in [0.25, 0.3) is 0 Å². The van der Waals surface area contributed by atoms with E-state index in [1.165, 1.54) is 16.8 Å². The summed E-state index contributed by atoms with van der Waals surface area (Å²) in [5.41, 5.74) is 3.71. The van der Waals surface area contributed by atoms with Crippen molar-refractivity contribution in [2.45, 2.75) is 19.4 Å². The molecule has 0 spiro atoms. The molecule has 0 unspecified atom stereocenters. The molecule has 1 aromatic heterocycles. The lowest BCUT2D eigenvalue weighted by Crippen LogP contribution is -2.14. The third-order valence-electron chi connectivity index (χ3n) is 3.74. The predicted octanol–water partition coefficient (Wildman–Crippen LogP) is 4.75. The van der Waals surface area contributed by atoms with E-state index in [0.29, 0.717) is 0 Å². The molecule has 0 saturated heterocycles. The Hall–Kier alpha value is -2.13. The summed E-state index contributed by atoms with van der Waals surface area (Å²) < 4.78 is 2.99. The van der Waals surface area contributed by atoms with Gasteiger partial charge < -0.3 is 9.55 Å². The van der Waals surface area contributed by atoms with Crippen molar-refractivity contribution in [2.24, 2.45) is 0 Å². The largest absolute Gasteiger partial charge is 0.337 e. The van der Waals surface area contributed by atoms with Crippen LogP contribution in [-0.4, -0.2) is 9.55 Å². The first-order chi connectivity index (χ1) is 10.3. The standard InChI is InChI=1S/C18H18N2S/c1-2-16-13-19-18(21)20(16)17(14-9-5-3-6-10-14)15-11-7-4-8-12-15/h3-13,17H,2H2,1H3,(H,19,21). The molecular weight excluding hydrogens is 276 g/mol. The van der Waals surface area contributed by atoms with E-state index in [0.717, 1.165) is 11.2 Å². The molecule has 2 nitrogen and oxygen atoms in total. The van der Waals surface area contributed by atoms with Crippen molar-refractivity contribution in [3.8, 4) is 0 Å². The average molecular weight is 294 g/mol. The van der Waals surface area contributed by atoms with Crippen molar-refractivity contribution >= 4 is 12.2 Å². The molecule has 0 aliphatic heterocycles. The van der Waals surface area contributed by atoms with Crippen LogP contribution in [0, 0.1) is 4.77 Å². The number of aromatic amines is 1. The Labute approximate surface area is 130 Å². The monoisotopic (exact) mass is 294 g/mol. The minimum absolute atomic E-state index is 0.112. The SMILES string of the molecule is CCc1c[nH]c(=S)n1C(c1ccccc1)c1ccccc1. The maximum atomic E-state index is 5.52. The molecule has 0 aliphatic rings. The van der Waals surface area contributed by atoms with Gasteiger partial charge in [-0.05, 0) is 29.8 Å². The Kier molecular flexibility index (Phi) is 4.02. The van der Waals surface area contributed by atoms with Gasteiger partial charge in [0.1, 0.15) is 0 Å². The molecule has 21 heavy (non-hydrogen) atoms. The Morgan fingerprint density at radius 3 is 1.95 bits per heavy atom. The van der Waals surface area contributed by atoms with Gasteiger partial charge in [0, 0.05) is 11.9 Å². The van der Waals surface area contributed by atoms with Crippen molar-refractivity contribution in [3.05, 3.63) is 88.5 Å². The fourth-order valence-corrected chi connectivity index (χ4v) is 3.01. The van der Waals surface area contributed by atoms with Gasteiger partial charge in [0.25, 0.3) is 0 Å². The number of hydrogen-bond acceptors (Lipinski definition) is 1. The van der Waals surface area contributed by atoms with Crippen LogP contribution in [-0.2, 0) is 6.42 Å². The van der Waals surface area contributed by atoms with Gasteiger partial charge in [-0.15, -0.1) is 0 Å². The second-order valence-corrected chi connectivity index (χ2v) is 5.42. The zero-order valence-electron chi connectivity index (χ0n) is 12.0. The van der Waals surface area contributed by atoms with Crippen molar-refractivity contribution in [1.82, 2.24) is 9.55 Å². The number of rotatable bonds is 4. The normalized spacial score (nSPS) is 11.0. The first-order valence-corrected chi connectivity index (χ1v) is 7.60. The number of nitrogens with one attached hydrogen (secondary N) is 1. The van der Waals surface area contributed by atoms with E-state index in [1.807, 2.05) is 18.3 Å². The fourth-order valence-electron chi connectivity index (χ4n) is 2.73. The highest BCUT2D eigenvalue weighted by Crippen LogP contribution is 2.28. The summed E-state index contributed by atoms with van der Waals surface area (Å²) in [6.45, 7) is 2.15. The summed E-state index contributed by atoms with van der Waals surface area (Å²) in [5, 5.41) is 0. The van der Waals surface area contributed by atoms with Gasteiger partial charge in [-0.3, -0.25) is 0 Å². The zero-order valence-corrected chi connectivity index (χ0v) is 12.8. The van der Waals surface area contributed by atoms with Gasteiger partial charge in [-0.2, -0.15) is 0 Å². The maximum absolute atomic E-state index is 5.52. The summed E-state index contributed by atoms with van der Waals surface area (Å²) in [6.07, 6.45) is 2.96. The number of aromatic nitrogens is 2. The molecule has 0 saturated carbocycles. The highest BCUT2D eigenvalue weighted by atomic mass is 32.1. The lowest BCUT2D eigenvalue weighted by molar-refractivity contribution is 0.637. The van der Waals surface area contributed by atoms with Gasteiger partial charge in [0.15, 0.2) is 4.77 Å². The highest BCUT2D eigenvalue weighted by molar-refractivity contribution is 7.71. The van der Waals surface area contributed by atoms with Crippen molar-refractivity contribution in [1.29, 1.82) is 0 Å². The minimum atomic E-state index is 0.112. The van der Waals surface area contributed by atoms with Crippen LogP contribution in [0.15, 0.2) is 66.9 Å². The van der Waals surface area contributed by atoms with Gasteiger partial charge in [-0.1, -0.05) is 67.6 Å². The van der Waals surface area contributed by atoms with E-state index < -0.39 is 0 Å². The number of nitrogens with zero attached hydrogens (tertiary/aromatic N) is 1. The summed E-state index contributed by atoms with van der Waals surface area (Å²) >= 11 is 5.52. The molecular formula is C18H18N2S. The van der Waals surface area contributed by atoms with Gasteiger partial charge in [0.2, 0.25) is 0 Å². The minimum Gasteiger partial charge on any atom is -0.337 e. The Balaban J connectivity index is 2.22. The molecule has 3 aromatic rings. The predicted molar refractivity (Wildman–Crippen MR) is 89.1 cm³/mol. The van der Waals surface area contributed by atoms with E-state index in [1.54, 1.807) is 0 Å². The van der Waals surface area contributed by atoms with Crippen LogP contribution in [0.5, 0.6) is 0 Å². The second-order valence-electron chi connectivity index (χ2n) is 5.03. The Morgan fingerprint density at radius 2 is 1.48 bits per heavy atom.